The van der Waals surface area contributed by atoms with Gasteiger partial charge in [0, 0.05) is 5.56 Å². The number of hydrogen-bond donors (Lipinski definition) is 2. The van der Waals surface area contributed by atoms with E-state index in [0.717, 1.165) is 5.56 Å². The quantitative estimate of drug-likeness (QED) is 0.655. The first-order valence-corrected chi connectivity index (χ1v) is 6.97. The molecule has 0 heterocycles. The highest BCUT2D eigenvalue weighted by Crippen LogP contribution is 2.06. The van der Waals surface area contributed by atoms with Gasteiger partial charge >= 0.3 is 0 Å². The number of nitrogens with zero attached hydrogens (tertiary/aromatic N) is 1. The summed E-state index contributed by atoms with van der Waals surface area (Å²) in [5, 5.41) is 6.22. The molecule has 0 unspecified atom stereocenters. The van der Waals surface area contributed by atoms with E-state index in [1.54, 1.807) is 24.3 Å². The molecule has 5 nitrogen and oxygen atoms in total. The van der Waals surface area contributed by atoms with Crippen LogP contribution in [0.25, 0.3) is 0 Å². The number of nitrogens with one attached hydrogen (secondary N) is 2. The molecule has 2 N–H and O–H groups in total. The summed E-state index contributed by atoms with van der Waals surface area (Å²) >= 11 is 0. The number of amides is 2. The van der Waals surface area contributed by atoms with Gasteiger partial charge in [-0.25, -0.2) is 9.82 Å². The van der Waals surface area contributed by atoms with Crippen LogP contribution in [0.5, 0.6) is 0 Å². The Kier molecular flexibility index (Phi) is 5.57. The van der Waals surface area contributed by atoms with Crippen molar-refractivity contribution in [3.05, 3.63) is 71.0 Å². The van der Waals surface area contributed by atoms with Crippen molar-refractivity contribution < 1.29 is 14.0 Å². The topological polar surface area (TPSA) is 70.6 Å². The first kappa shape index (κ1) is 16.4. The van der Waals surface area contributed by atoms with E-state index >= 15 is 0 Å². The molecular weight excluding hydrogens is 297 g/mol. The summed E-state index contributed by atoms with van der Waals surface area (Å²) in [6.45, 7) is 1.62. The minimum absolute atomic E-state index is 0.201. The third kappa shape index (κ3) is 5.03. The number of carbonyl (C=O) groups is 2. The van der Waals surface area contributed by atoms with Gasteiger partial charge in [0.15, 0.2) is 0 Å². The maximum absolute atomic E-state index is 13.0. The van der Waals surface area contributed by atoms with Crippen LogP contribution in [0.2, 0.25) is 0 Å². The van der Waals surface area contributed by atoms with Gasteiger partial charge in [-0.05, 0) is 36.2 Å². The molecule has 0 aromatic heterocycles. The summed E-state index contributed by atoms with van der Waals surface area (Å²) in [5.74, 6) is -1.18. The predicted octanol–water partition coefficient (Wildman–Crippen LogP) is 2.01. The number of rotatable bonds is 5. The monoisotopic (exact) mass is 313 g/mol. The SMILES string of the molecule is Cc1ccccc1C(=O)NCC(=O)N/N=C\c1cccc(F)c1. The van der Waals surface area contributed by atoms with Crippen molar-refractivity contribution in [1.29, 1.82) is 0 Å². The van der Waals surface area contributed by atoms with E-state index in [9.17, 15) is 14.0 Å². The van der Waals surface area contributed by atoms with E-state index in [1.165, 1.54) is 18.3 Å². The van der Waals surface area contributed by atoms with E-state index in [2.05, 4.69) is 15.8 Å². The van der Waals surface area contributed by atoms with Crippen LogP contribution in [0.4, 0.5) is 4.39 Å². The zero-order valence-corrected chi connectivity index (χ0v) is 12.5. The fourth-order valence-corrected chi connectivity index (χ4v) is 1.89. The Labute approximate surface area is 133 Å². The van der Waals surface area contributed by atoms with Crippen molar-refractivity contribution in [3.8, 4) is 0 Å². The van der Waals surface area contributed by atoms with Crippen LogP contribution >= 0.6 is 0 Å². The highest BCUT2D eigenvalue weighted by molar-refractivity contribution is 5.97. The number of benzene rings is 2. The van der Waals surface area contributed by atoms with Crippen LogP contribution in [-0.4, -0.2) is 24.6 Å². The summed E-state index contributed by atoms with van der Waals surface area (Å²) in [4.78, 5) is 23.5. The molecule has 23 heavy (non-hydrogen) atoms. The minimum Gasteiger partial charge on any atom is -0.343 e. The standard InChI is InChI=1S/C17H16FN3O2/c1-12-5-2-3-8-15(12)17(23)19-11-16(22)21-20-10-13-6-4-7-14(18)9-13/h2-10H,11H2,1H3,(H,19,23)(H,21,22)/b20-10-. The van der Waals surface area contributed by atoms with Crippen molar-refractivity contribution in [2.75, 3.05) is 6.54 Å². The Bertz CT molecular complexity index is 744. The van der Waals surface area contributed by atoms with Gasteiger partial charge in [-0.3, -0.25) is 9.59 Å². The molecule has 0 spiro atoms. The average Bonchev–Trinajstić information content (AvgIpc) is 2.53. The molecule has 0 aliphatic carbocycles. The average molecular weight is 313 g/mol. The summed E-state index contributed by atoms with van der Waals surface area (Å²) in [5.41, 5.74) is 4.13. The van der Waals surface area contributed by atoms with Gasteiger partial charge in [0.1, 0.15) is 5.82 Å². The molecule has 2 aromatic rings. The zero-order valence-electron chi connectivity index (χ0n) is 12.5. The van der Waals surface area contributed by atoms with E-state index in [4.69, 9.17) is 0 Å². The van der Waals surface area contributed by atoms with Crippen molar-refractivity contribution >= 4 is 18.0 Å². The van der Waals surface area contributed by atoms with Crippen molar-refractivity contribution in [2.45, 2.75) is 6.92 Å². The normalized spacial score (nSPS) is 10.5. The number of hydrogen-bond acceptors (Lipinski definition) is 3. The first-order valence-electron chi connectivity index (χ1n) is 6.97. The second-order valence-electron chi connectivity index (χ2n) is 4.85. The lowest BCUT2D eigenvalue weighted by molar-refractivity contribution is -0.120. The van der Waals surface area contributed by atoms with Crippen LogP contribution < -0.4 is 10.7 Å². The zero-order chi connectivity index (χ0) is 16.7. The van der Waals surface area contributed by atoms with Crippen LogP contribution in [0.3, 0.4) is 0 Å². The molecule has 0 aliphatic heterocycles. The van der Waals surface area contributed by atoms with Gasteiger partial charge in [0.05, 0.1) is 12.8 Å². The second-order valence-corrected chi connectivity index (χ2v) is 4.85. The van der Waals surface area contributed by atoms with Gasteiger partial charge < -0.3 is 5.32 Å². The largest absolute Gasteiger partial charge is 0.343 e. The smallest absolute Gasteiger partial charge is 0.259 e. The maximum Gasteiger partial charge on any atom is 0.259 e. The van der Waals surface area contributed by atoms with Crippen molar-refractivity contribution in [2.24, 2.45) is 5.10 Å². The summed E-state index contributed by atoms with van der Waals surface area (Å²) in [7, 11) is 0. The van der Waals surface area contributed by atoms with Crippen molar-refractivity contribution in [3.63, 3.8) is 0 Å². The molecule has 0 saturated heterocycles. The van der Waals surface area contributed by atoms with Gasteiger partial charge in [-0.1, -0.05) is 30.3 Å². The molecule has 2 aromatic carbocycles. The lowest BCUT2D eigenvalue weighted by atomic mass is 10.1. The van der Waals surface area contributed by atoms with Crippen LogP contribution in [-0.2, 0) is 4.79 Å². The number of aryl methyl sites for hydroxylation is 1. The Morgan fingerprint density at radius 2 is 1.96 bits per heavy atom. The van der Waals surface area contributed by atoms with Crippen LogP contribution in [0.1, 0.15) is 21.5 Å². The lowest BCUT2D eigenvalue weighted by Gasteiger charge is -2.06. The second kappa shape index (κ2) is 7.84. The van der Waals surface area contributed by atoms with E-state index < -0.39 is 5.91 Å². The number of halogens is 1. The number of carbonyl (C=O) groups excluding carboxylic acids is 2. The number of hydrazone groups is 1. The molecule has 0 bridgehead atoms. The maximum atomic E-state index is 13.0. The van der Waals surface area contributed by atoms with Crippen LogP contribution in [0.15, 0.2) is 53.6 Å². The van der Waals surface area contributed by atoms with Gasteiger partial charge in [0.25, 0.3) is 11.8 Å². The van der Waals surface area contributed by atoms with E-state index in [1.807, 2.05) is 19.1 Å². The third-order valence-electron chi connectivity index (χ3n) is 3.05. The molecule has 0 fully saturated rings. The van der Waals surface area contributed by atoms with Crippen molar-refractivity contribution in [1.82, 2.24) is 10.7 Å². The predicted molar refractivity (Wildman–Crippen MR) is 85.6 cm³/mol. The fraction of sp³-hybridized carbons (Fsp3) is 0.118. The molecule has 0 saturated carbocycles. The molecule has 0 radical (unpaired) electrons. The fourth-order valence-electron chi connectivity index (χ4n) is 1.89. The third-order valence-corrected chi connectivity index (χ3v) is 3.05. The van der Waals surface area contributed by atoms with Gasteiger partial charge in [-0.15, -0.1) is 0 Å². The summed E-state index contributed by atoms with van der Waals surface area (Å²) < 4.78 is 13.0. The highest BCUT2D eigenvalue weighted by atomic mass is 19.1. The molecule has 2 rings (SSSR count). The Hall–Kier alpha value is -3.02. The Balaban J connectivity index is 1.81. The van der Waals surface area contributed by atoms with Crippen LogP contribution in [0, 0.1) is 12.7 Å². The molecule has 0 atom stereocenters. The molecular formula is C17H16FN3O2. The Morgan fingerprint density at radius 3 is 2.70 bits per heavy atom. The van der Waals surface area contributed by atoms with E-state index in [-0.39, 0.29) is 18.3 Å². The molecule has 6 heteroatoms. The van der Waals surface area contributed by atoms with Gasteiger partial charge in [-0.2, -0.15) is 5.10 Å². The van der Waals surface area contributed by atoms with Gasteiger partial charge in [0.2, 0.25) is 0 Å². The molecule has 118 valence electrons. The van der Waals surface area contributed by atoms with E-state index in [0.29, 0.717) is 11.1 Å². The minimum atomic E-state index is -0.473. The highest BCUT2D eigenvalue weighted by Gasteiger charge is 2.09. The summed E-state index contributed by atoms with van der Waals surface area (Å²) in [6.07, 6.45) is 1.32. The summed E-state index contributed by atoms with van der Waals surface area (Å²) in [6, 6.07) is 12.9. The first-order chi connectivity index (χ1) is 11.1. The lowest BCUT2D eigenvalue weighted by Crippen LogP contribution is -2.35. The molecule has 0 aliphatic rings. The molecule has 2 amide bonds. The Morgan fingerprint density at radius 1 is 1.17 bits per heavy atom.